The number of aromatic nitrogens is 3. The molecule has 0 amide bonds. The maximum Gasteiger partial charge on any atom is 0.282 e. The van der Waals surface area contributed by atoms with Crippen LogP contribution < -0.4 is 10.3 Å². The zero-order chi connectivity index (χ0) is 17.6. The fraction of sp³-hybridized carbons (Fsp3) is 0.0588. The molecule has 0 saturated heterocycles. The summed E-state index contributed by atoms with van der Waals surface area (Å²) < 4.78 is 28.9. The van der Waals surface area contributed by atoms with E-state index in [1.165, 1.54) is 16.6 Å². The van der Waals surface area contributed by atoms with Gasteiger partial charge in [0.05, 0.1) is 21.5 Å². The summed E-state index contributed by atoms with van der Waals surface area (Å²) in [6.07, 6.45) is 0. The zero-order valence-electron chi connectivity index (χ0n) is 13.2. The molecule has 0 aliphatic rings. The lowest BCUT2D eigenvalue weighted by Gasteiger charge is -2.09. The standard InChI is InChI=1S/C17H14N4O3S/c1-11-9-16-18-15-8-7-13(10-14(15)17(22)21(16)19-11)25(23,24)20-12-5-3-2-4-6-12/h2-10,18,20H,1H3. The average molecular weight is 354 g/mol. The molecule has 0 bridgehead atoms. The second-order valence-corrected chi connectivity index (χ2v) is 7.37. The molecule has 0 saturated carbocycles. The van der Waals surface area contributed by atoms with Crippen molar-refractivity contribution in [3.63, 3.8) is 0 Å². The fourth-order valence-electron chi connectivity index (χ4n) is 2.69. The van der Waals surface area contributed by atoms with Crippen molar-refractivity contribution in [1.29, 1.82) is 0 Å². The summed E-state index contributed by atoms with van der Waals surface area (Å²) in [4.78, 5) is 15.7. The van der Waals surface area contributed by atoms with Crippen molar-refractivity contribution < 1.29 is 8.42 Å². The van der Waals surface area contributed by atoms with E-state index in [4.69, 9.17) is 0 Å². The number of hydrogen-bond acceptors (Lipinski definition) is 4. The van der Waals surface area contributed by atoms with Crippen LogP contribution in [0.25, 0.3) is 16.6 Å². The topological polar surface area (TPSA) is 96.3 Å². The summed E-state index contributed by atoms with van der Waals surface area (Å²) in [5.74, 6) is 0. The van der Waals surface area contributed by atoms with Gasteiger partial charge in [0.15, 0.2) is 0 Å². The van der Waals surface area contributed by atoms with Crippen LogP contribution in [0.1, 0.15) is 5.69 Å². The molecule has 0 aliphatic heterocycles. The number of rotatable bonds is 3. The fourth-order valence-corrected chi connectivity index (χ4v) is 3.78. The Morgan fingerprint density at radius 3 is 2.60 bits per heavy atom. The van der Waals surface area contributed by atoms with Crippen LogP contribution in [-0.4, -0.2) is 23.0 Å². The number of fused-ring (bicyclic) bond motifs is 2. The van der Waals surface area contributed by atoms with E-state index in [9.17, 15) is 13.2 Å². The number of sulfonamides is 1. The normalized spacial score (nSPS) is 11.9. The Hall–Kier alpha value is -3.13. The molecule has 126 valence electrons. The first-order valence-electron chi connectivity index (χ1n) is 7.54. The van der Waals surface area contributed by atoms with Crippen molar-refractivity contribution in [1.82, 2.24) is 14.6 Å². The van der Waals surface area contributed by atoms with E-state index in [2.05, 4.69) is 14.8 Å². The van der Waals surface area contributed by atoms with Gasteiger partial charge in [0.1, 0.15) is 5.65 Å². The van der Waals surface area contributed by atoms with Gasteiger partial charge in [-0.1, -0.05) is 18.2 Å². The number of aryl methyl sites for hydroxylation is 1. The van der Waals surface area contributed by atoms with Crippen LogP contribution in [0, 0.1) is 6.92 Å². The van der Waals surface area contributed by atoms with Crippen LogP contribution in [0.2, 0.25) is 0 Å². The number of H-pyrrole nitrogens is 1. The van der Waals surface area contributed by atoms with E-state index in [0.717, 1.165) is 0 Å². The van der Waals surface area contributed by atoms with Gasteiger partial charge in [-0.3, -0.25) is 9.52 Å². The molecule has 8 heteroatoms. The van der Waals surface area contributed by atoms with Crippen molar-refractivity contribution >= 4 is 32.3 Å². The average Bonchev–Trinajstić information content (AvgIpc) is 2.96. The van der Waals surface area contributed by atoms with Crippen LogP contribution >= 0.6 is 0 Å². The third-order valence-corrected chi connectivity index (χ3v) is 5.22. The molecule has 2 N–H and O–H groups in total. The second kappa shape index (κ2) is 5.45. The number of para-hydroxylation sites is 1. The maximum atomic E-state index is 12.6. The number of nitrogens with zero attached hydrogens (tertiary/aromatic N) is 2. The first-order valence-corrected chi connectivity index (χ1v) is 9.03. The first kappa shape index (κ1) is 15.4. The van der Waals surface area contributed by atoms with Gasteiger partial charge in [-0.05, 0) is 37.3 Å². The number of nitrogens with one attached hydrogen (secondary N) is 2. The van der Waals surface area contributed by atoms with E-state index in [1.54, 1.807) is 49.4 Å². The Kier molecular flexibility index (Phi) is 3.36. The predicted molar refractivity (Wildman–Crippen MR) is 95.3 cm³/mol. The quantitative estimate of drug-likeness (QED) is 0.590. The van der Waals surface area contributed by atoms with Crippen molar-refractivity contribution in [2.24, 2.45) is 0 Å². The summed E-state index contributed by atoms with van der Waals surface area (Å²) in [5, 5.41) is 4.39. The van der Waals surface area contributed by atoms with E-state index < -0.39 is 10.0 Å². The first-order chi connectivity index (χ1) is 11.9. The lowest BCUT2D eigenvalue weighted by molar-refractivity contribution is 0.601. The van der Waals surface area contributed by atoms with E-state index >= 15 is 0 Å². The highest BCUT2D eigenvalue weighted by Crippen LogP contribution is 2.19. The van der Waals surface area contributed by atoms with Crippen LogP contribution in [0.3, 0.4) is 0 Å². The monoisotopic (exact) mass is 354 g/mol. The highest BCUT2D eigenvalue weighted by Gasteiger charge is 2.16. The lowest BCUT2D eigenvalue weighted by atomic mass is 10.2. The Bertz CT molecular complexity index is 1260. The van der Waals surface area contributed by atoms with Gasteiger partial charge < -0.3 is 4.98 Å². The summed E-state index contributed by atoms with van der Waals surface area (Å²) >= 11 is 0. The van der Waals surface area contributed by atoms with Gasteiger partial charge in [0.2, 0.25) is 0 Å². The number of hydrogen-bond donors (Lipinski definition) is 2. The molecule has 0 fully saturated rings. The van der Waals surface area contributed by atoms with Crippen molar-refractivity contribution in [3.8, 4) is 0 Å². The maximum absolute atomic E-state index is 12.6. The molecular formula is C17H14N4O3S. The van der Waals surface area contributed by atoms with Gasteiger partial charge in [0, 0.05) is 11.8 Å². The zero-order valence-corrected chi connectivity index (χ0v) is 14.0. The number of benzene rings is 2. The Morgan fingerprint density at radius 1 is 1.08 bits per heavy atom. The highest BCUT2D eigenvalue weighted by molar-refractivity contribution is 7.92. The minimum Gasteiger partial charge on any atom is -0.339 e. The Balaban J connectivity index is 1.87. The summed E-state index contributed by atoms with van der Waals surface area (Å²) in [7, 11) is -3.80. The van der Waals surface area contributed by atoms with E-state index in [-0.39, 0.29) is 15.8 Å². The minimum absolute atomic E-state index is 0.0116. The molecule has 2 aromatic carbocycles. The molecule has 0 atom stereocenters. The van der Waals surface area contributed by atoms with Gasteiger partial charge in [0.25, 0.3) is 15.6 Å². The highest BCUT2D eigenvalue weighted by atomic mass is 32.2. The molecule has 25 heavy (non-hydrogen) atoms. The Morgan fingerprint density at radius 2 is 1.84 bits per heavy atom. The molecule has 0 spiro atoms. The van der Waals surface area contributed by atoms with E-state index in [0.29, 0.717) is 22.5 Å². The summed E-state index contributed by atoms with van der Waals surface area (Å²) in [6.45, 7) is 1.78. The number of aromatic amines is 1. The molecule has 0 aliphatic carbocycles. The molecule has 0 radical (unpaired) electrons. The van der Waals surface area contributed by atoms with Gasteiger partial charge in [-0.2, -0.15) is 9.61 Å². The van der Waals surface area contributed by atoms with Crippen LogP contribution in [0.15, 0.2) is 64.3 Å². The smallest absolute Gasteiger partial charge is 0.282 e. The van der Waals surface area contributed by atoms with Crippen LogP contribution in [0.4, 0.5) is 5.69 Å². The Labute approximate surface area is 143 Å². The summed E-state index contributed by atoms with van der Waals surface area (Å²) in [5.41, 5.74) is 1.90. The van der Waals surface area contributed by atoms with E-state index in [1.807, 2.05) is 0 Å². The second-order valence-electron chi connectivity index (χ2n) is 5.69. The molecule has 2 heterocycles. The SMILES string of the molecule is Cc1cc2[nH]c3ccc(S(=O)(=O)Nc4ccccc4)cc3c(=O)n2n1. The number of anilines is 1. The van der Waals surface area contributed by atoms with Gasteiger partial charge in [-0.15, -0.1) is 0 Å². The third kappa shape index (κ3) is 2.66. The third-order valence-electron chi connectivity index (χ3n) is 3.84. The van der Waals surface area contributed by atoms with Crippen LogP contribution in [-0.2, 0) is 10.0 Å². The minimum atomic E-state index is -3.80. The molecule has 2 aromatic heterocycles. The lowest BCUT2D eigenvalue weighted by Crippen LogP contribution is -2.17. The van der Waals surface area contributed by atoms with Crippen molar-refractivity contribution in [2.45, 2.75) is 11.8 Å². The largest absolute Gasteiger partial charge is 0.339 e. The summed E-state index contributed by atoms with van der Waals surface area (Å²) in [6, 6.07) is 14.7. The molecule has 7 nitrogen and oxygen atoms in total. The van der Waals surface area contributed by atoms with Crippen molar-refractivity contribution in [3.05, 3.63) is 70.6 Å². The molecule has 4 rings (SSSR count). The van der Waals surface area contributed by atoms with Gasteiger partial charge in [-0.25, -0.2) is 8.42 Å². The molecular weight excluding hydrogens is 340 g/mol. The molecule has 4 aromatic rings. The molecule has 0 unspecified atom stereocenters. The predicted octanol–water partition coefficient (Wildman–Crippen LogP) is 2.29. The van der Waals surface area contributed by atoms with Crippen LogP contribution in [0.5, 0.6) is 0 Å². The van der Waals surface area contributed by atoms with Gasteiger partial charge >= 0.3 is 0 Å². The van der Waals surface area contributed by atoms with Crippen molar-refractivity contribution in [2.75, 3.05) is 4.72 Å².